The summed E-state index contributed by atoms with van der Waals surface area (Å²) in [5.74, 6) is -0.319. The summed E-state index contributed by atoms with van der Waals surface area (Å²) in [6.45, 7) is 8.69. The number of benzene rings is 3. The van der Waals surface area contributed by atoms with E-state index in [1.54, 1.807) is 23.1 Å². The number of carbonyl (C=O) groups is 1. The summed E-state index contributed by atoms with van der Waals surface area (Å²) in [4.78, 5) is 15.2. The summed E-state index contributed by atoms with van der Waals surface area (Å²) in [5, 5.41) is 0.292. The molecule has 3 nitrogen and oxygen atoms in total. The van der Waals surface area contributed by atoms with Crippen LogP contribution in [-0.2, 0) is 24.6 Å². The molecule has 35 heavy (non-hydrogen) atoms. The van der Waals surface area contributed by atoms with E-state index in [9.17, 15) is 18.0 Å². The van der Waals surface area contributed by atoms with Crippen molar-refractivity contribution in [3.05, 3.63) is 99.1 Å². The second-order valence-electron chi connectivity index (χ2n) is 9.83. The predicted molar refractivity (Wildman–Crippen MR) is 136 cm³/mol. The van der Waals surface area contributed by atoms with E-state index in [0.717, 1.165) is 28.8 Å². The van der Waals surface area contributed by atoms with Crippen LogP contribution < -0.4 is 5.73 Å². The zero-order valence-electron chi connectivity index (χ0n) is 20.3. The van der Waals surface area contributed by atoms with Crippen LogP contribution in [-0.4, -0.2) is 17.4 Å². The maximum atomic E-state index is 13.6. The quantitative estimate of drug-likeness (QED) is 0.356. The van der Waals surface area contributed by atoms with Crippen LogP contribution in [0.1, 0.15) is 58.9 Å². The first-order valence-electron chi connectivity index (χ1n) is 11.4. The molecule has 1 amide bonds. The number of alkyl halides is 3. The fourth-order valence-corrected chi connectivity index (χ4v) is 4.12. The lowest BCUT2D eigenvalue weighted by Crippen LogP contribution is -2.33. The second-order valence-corrected chi connectivity index (χ2v) is 10.2. The average molecular weight is 503 g/mol. The summed E-state index contributed by atoms with van der Waals surface area (Å²) in [6.07, 6.45) is -4.16. The molecule has 0 heterocycles. The lowest BCUT2D eigenvalue weighted by atomic mass is 9.87. The van der Waals surface area contributed by atoms with E-state index in [0.29, 0.717) is 10.6 Å². The van der Waals surface area contributed by atoms with Crippen molar-refractivity contribution >= 4 is 23.2 Å². The fraction of sp³-hybridized carbons (Fsp3) is 0.321. The van der Waals surface area contributed by atoms with E-state index in [-0.39, 0.29) is 42.1 Å². The molecule has 0 spiro atoms. The smallest absolute Gasteiger partial charge is 0.397 e. The summed E-state index contributed by atoms with van der Waals surface area (Å²) >= 11 is 6.22. The van der Waals surface area contributed by atoms with Crippen LogP contribution >= 0.6 is 11.6 Å². The van der Waals surface area contributed by atoms with Gasteiger partial charge >= 0.3 is 6.18 Å². The third kappa shape index (κ3) is 6.79. The topological polar surface area (TPSA) is 46.3 Å². The van der Waals surface area contributed by atoms with Gasteiger partial charge in [-0.25, -0.2) is 0 Å². The number of aryl methyl sites for hydroxylation is 1. The van der Waals surface area contributed by atoms with Crippen LogP contribution in [0.15, 0.2) is 60.7 Å². The predicted octanol–water partition coefficient (Wildman–Crippen LogP) is 7.43. The minimum Gasteiger partial charge on any atom is -0.397 e. The minimum absolute atomic E-state index is 0.00962. The monoisotopic (exact) mass is 502 g/mol. The molecule has 186 valence electrons. The number of nitrogens with zero attached hydrogens (tertiary/aromatic N) is 1. The maximum absolute atomic E-state index is 13.6. The number of nitrogens with two attached hydrogens (primary N) is 1. The molecule has 0 unspecified atom stereocenters. The lowest BCUT2D eigenvalue weighted by molar-refractivity contribution is -0.137. The molecule has 3 rings (SSSR count). The van der Waals surface area contributed by atoms with Crippen molar-refractivity contribution in [3.8, 4) is 0 Å². The highest BCUT2D eigenvalue weighted by Crippen LogP contribution is 2.30. The van der Waals surface area contributed by atoms with Crippen LogP contribution in [0.25, 0.3) is 0 Å². The Balaban J connectivity index is 1.90. The van der Waals surface area contributed by atoms with Crippen molar-refractivity contribution in [3.63, 3.8) is 0 Å². The standard InChI is InChI=1S/C28H30ClF3N2O/c1-18-14-23(25(33)24(29)15-18)26(35)34(17-20-8-10-21(11-9-20)27(2,3)4)13-12-19-6-5-7-22(16-19)28(30,31)32/h5-11,14-16H,12-13,17,33H2,1-4H3. The number of hydrogen-bond donors (Lipinski definition) is 1. The van der Waals surface area contributed by atoms with Crippen molar-refractivity contribution in [1.29, 1.82) is 0 Å². The van der Waals surface area contributed by atoms with Crippen LogP contribution in [0, 0.1) is 6.92 Å². The number of halogens is 4. The Morgan fingerprint density at radius 3 is 2.20 bits per heavy atom. The first-order valence-corrected chi connectivity index (χ1v) is 11.7. The molecule has 0 aromatic heterocycles. The number of hydrogen-bond acceptors (Lipinski definition) is 2. The van der Waals surface area contributed by atoms with Crippen molar-refractivity contribution in [2.75, 3.05) is 12.3 Å². The van der Waals surface area contributed by atoms with Gasteiger partial charge in [-0.1, -0.05) is 74.8 Å². The Morgan fingerprint density at radius 2 is 1.60 bits per heavy atom. The molecule has 3 aromatic carbocycles. The van der Waals surface area contributed by atoms with E-state index in [4.69, 9.17) is 17.3 Å². The number of nitrogen functional groups attached to an aromatic ring is 1. The maximum Gasteiger partial charge on any atom is 0.416 e. The molecular formula is C28H30ClF3N2O. The van der Waals surface area contributed by atoms with Gasteiger partial charge in [0.2, 0.25) is 0 Å². The Hall–Kier alpha value is -2.99. The normalized spacial score (nSPS) is 12.0. The Morgan fingerprint density at radius 1 is 0.943 bits per heavy atom. The number of carbonyl (C=O) groups excluding carboxylic acids is 1. The van der Waals surface area contributed by atoms with Crippen LogP contribution in [0.2, 0.25) is 5.02 Å². The Labute approximate surface area is 209 Å². The lowest BCUT2D eigenvalue weighted by Gasteiger charge is -2.25. The van der Waals surface area contributed by atoms with Crippen LogP contribution in [0.4, 0.5) is 18.9 Å². The molecule has 0 aliphatic heterocycles. The molecule has 0 aliphatic rings. The van der Waals surface area contributed by atoms with Gasteiger partial charge in [-0.3, -0.25) is 4.79 Å². The molecule has 0 fully saturated rings. The highest BCUT2D eigenvalue weighted by molar-refractivity contribution is 6.34. The summed E-state index contributed by atoms with van der Waals surface area (Å²) in [5.41, 5.74) is 9.24. The number of anilines is 1. The molecule has 0 atom stereocenters. The summed E-state index contributed by atoms with van der Waals surface area (Å²) in [7, 11) is 0. The van der Waals surface area contributed by atoms with Gasteiger partial charge in [0.15, 0.2) is 0 Å². The van der Waals surface area contributed by atoms with E-state index in [1.807, 2.05) is 31.2 Å². The molecule has 0 aliphatic carbocycles. The van der Waals surface area contributed by atoms with E-state index >= 15 is 0 Å². The molecule has 0 saturated carbocycles. The highest BCUT2D eigenvalue weighted by atomic mass is 35.5. The van der Waals surface area contributed by atoms with Crippen molar-refractivity contribution in [1.82, 2.24) is 4.90 Å². The highest BCUT2D eigenvalue weighted by Gasteiger charge is 2.30. The number of rotatable bonds is 6. The fourth-order valence-electron chi connectivity index (χ4n) is 3.85. The first kappa shape index (κ1) is 26.6. The molecule has 0 radical (unpaired) electrons. The van der Waals surface area contributed by atoms with Crippen LogP contribution in [0.5, 0.6) is 0 Å². The summed E-state index contributed by atoms with van der Waals surface area (Å²) < 4.78 is 39.4. The largest absolute Gasteiger partial charge is 0.416 e. The van der Waals surface area contributed by atoms with E-state index in [1.165, 1.54) is 6.07 Å². The zero-order valence-corrected chi connectivity index (χ0v) is 21.1. The second kappa shape index (κ2) is 10.3. The Bertz CT molecular complexity index is 1200. The minimum atomic E-state index is -4.42. The van der Waals surface area contributed by atoms with Gasteiger partial charge in [0, 0.05) is 13.1 Å². The van der Waals surface area contributed by atoms with Gasteiger partial charge in [-0.05, 0) is 59.2 Å². The average Bonchev–Trinajstić information content (AvgIpc) is 2.78. The van der Waals surface area contributed by atoms with Crippen molar-refractivity contribution in [2.45, 2.75) is 52.3 Å². The van der Waals surface area contributed by atoms with Crippen molar-refractivity contribution < 1.29 is 18.0 Å². The van der Waals surface area contributed by atoms with Gasteiger partial charge in [0.25, 0.3) is 5.91 Å². The van der Waals surface area contributed by atoms with Crippen LogP contribution in [0.3, 0.4) is 0 Å². The van der Waals surface area contributed by atoms with Crippen molar-refractivity contribution in [2.24, 2.45) is 0 Å². The first-order chi connectivity index (χ1) is 16.3. The number of amides is 1. The molecule has 0 saturated heterocycles. The van der Waals surface area contributed by atoms with Gasteiger partial charge in [0.1, 0.15) is 0 Å². The van der Waals surface area contributed by atoms with E-state index in [2.05, 4.69) is 20.8 Å². The Kier molecular flexibility index (Phi) is 7.85. The molecule has 7 heteroatoms. The molecule has 3 aromatic rings. The van der Waals surface area contributed by atoms with E-state index < -0.39 is 11.7 Å². The molecule has 0 bridgehead atoms. The summed E-state index contributed by atoms with van der Waals surface area (Å²) in [6, 6.07) is 16.6. The zero-order chi connectivity index (χ0) is 26.0. The third-order valence-electron chi connectivity index (χ3n) is 5.91. The SMILES string of the molecule is Cc1cc(Cl)c(N)c(C(=O)N(CCc2cccc(C(F)(F)F)c2)Cc2ccc(C(C)(C)C)cc2)c1. The third-order valence-corrected chi connectivity index (χ3v) is 6.22. The van der Waals surface area contributed by atoms with Gasteiger partial charge in [0.05, 0.1) is 21.8 Å². The van der Waals surface area contributed by atoms with Gasteiger partial charge < -0.3 is 10.6 Å². The van der Waals surface area contributed by atoms with Gasteiger partial charge in [-0.2, -0.15) is 13.2 Å². The molecule has 2 N–H and O–H groups in total. The molecular weight excluding hydrogens is 473 g/mol. The van der Waals surface area contributed by atoms with Gasteiger partial charge in [-0.15, -0.1) is 0 Å².